The molecule has 40 heavy (non-hydrogen) atoms. The van der Waals surface area contributed by atoms with Crippen LogP contribution in [0.3, 0.4) is 0 Å². The Labute approximate surface area is 229 Å². The predicted molar refractivity (Wildman–Crippen MR) is 156 cm³/mol. The summed E-state index contributed by atoms with van der Waals surface area (Å²) >= 11 is 0. The monoisotopic (exact) mass is 521 g/mol. The predicted octanol–water partition coefficient (Wildman–Crippen LogP) is 6.86. The van der Waals surface area contributed by atoms with Gasteiger partial charge in [0.1, 0.15) is 23.4 Å². The standard InChI is InChI=1S/C33H23N5O2/c39-31(20-37-27-16-8-5-13-23(27)32-33(37)35-25-15-7-6-14-24(25)34-32)38-28(21-10-2-1-3-11-21)19-26(36-38)30-18-22-12-4-9-17-29(22)40-30/h1-18,28H,19-20H2. The Morgan fingerprint density at radius 2 is 1.55 bits per heavy atom. The van der Waals surface area contributed by atoms with Gasteiger partial charge >= 0.3 is 0 Å². The van der Waals surface area contributed by atoms with Crippen molar-refractivity contribution in [2.45, 2.75) is 19.0 Å². The molecule has 7 heteroatoms. The fraction of sp³-hybridized carbons (Fsp3) is 0.0909. The quantitative estimate of drug-likeness (QED) is 0.254. The first kappa shape index (κ1) is 22.7. The van der Waals surface area contributed by atoms with Gasteiger partial charge < -0.3 is 8.98 Å². The number of para-hydroxylation sites is 4. The number of nitrogens with zero attached hydrogens (tertiary/aromatic N) is 5. The normalized spacial score (nSPS) is 15.4. The molecule has 192 valence electrons. The lowest BCUT2D eigenvalue weighted by Gasteiger charge is -2.22. The Morgan fingerprint density at radius 3 is 2.40 bits per heavy atom. The number of aromatic nitrogens is 3. The lowest BCUT2D eigenvalue weighted by molar-refractivity contribution is -0.133. The molecule has 8 rings (SSSR count). The van der Waals surface area contributed by atoms with Crippen LogP contribution in [0.2, 0.25) is 0 Å². The van der Waals surface area contributed by atoms with Gasteiger partial charge in [-0.2, -0.15) is 5.10 Å². The van der Waals surface area contributed by atoms with Crippen LogP contribution in [0.15, 0.2) is 119 Å². The summed E-state index contributed by atoms with van der Waals surface area (Å²) in [5.74, 6) is 0.559. The van der Waals surface area contributed by atoms with Gasteiger partial charge in [0.2, 0.25) is 0 Å². The average Bonchev–Trinajstić information content (AvgIpc) is 3.71. The molecular formula is C33H23N5O2. The average molecular weight is 522 g/mol. The van der Waals surface area contributed by atoms with Crippen molar-refractivity contribution in [2.75, 3.05) is 0 Å². The van der Waals surface area contributed by atoms with Crippen molar-refractivity contribution in [3.63, 3.8) is 0 Å². The third kappa shape index (κ3) is 3.59. The fourth-order valence-corrected chi connectivity index (χ4v) is 5.70. The molecule has 1 aliphatic heterocycles. The Kier molecular flexibility index (Phi) is 5.03. The van der Waals surface area contributed by atoms with Gasteiger partial charge in [-0.1, -0.05) is 78.9 Å². The van der Waals surface area contributed by atoms with E-state index in [9.17, 15) is 4.79 Å². The van der Waals surface area contributed by atoms with Crippen molar-refractivity contribution in [1.29, 1.82) is 0 Å². The number of hydrogen-bond donors (Lipinski definition) is 0. The summed E-state index contributed by atoms with van der Waals surface area (Å²) < 4.78 is 8.10. The molecule has 0 saturated heterocycles. The fourth-order valence-electron chi connectivity index (χ4n) is 5.70. The zero-order valence-electron chi connectivity index (χ0n) is 21.4. The van der Waals surface area contributed by atoms with Gasteiger partial charge in [-0.3, -0.25) is 4.79 Å². The van der Waals surface area contributed by atoms with Gasteiger partial charge in [0.05, 0.1) is 22.6 Å². The van der Waals surface area contributed by atoms with Crippen molar-refractivity contribution < 1.29 is 9.21 Å². The molecular weight excluding hydrogens is 498 g/mol. The highest BCUT2D eigenvalue weighted by Gasteiger charge is 2.35. The van der Waals surface area contributed by atoms with Crippen LogP contribution in [0.4, 0.5) is 0 Å². The molecule has 1 amide bonds. The van der Waals surface area contributed by atoms with E-state index in [-0.39, 0.29) is 18.5 Å². The van der Waals surface area contributed by atoms with Crippen LogP contribution < -0.4 is 0 Å². The first-order valence-corrected chi connectivity index (χ1v) is 13.3. The summed E-state index contributed by atoms with van der Waals surface area (Å²) in [6.07, 6.45) is 0.563. The number of carbonyl (C=O) groups excluding carboxylic acids is 1. The minimum atomic E-state index is -0.239. The largest absolute Gasteiger partial charge is 0.455 e. The van der Waals surface area contributed by atoms with E-state index in [1.807, 2.05) is 114 Å². The van der Waals surface area contributed by atoms with Gasteiger partial charge in [-0.15, -0.1) is 0 Å². The number of carbonyl (C=O) groups is 1. The van der Waals surface area contributed by atoms with E-state index in [2.05, 4.69) is 0 Å². The third-order valence-corrected chi connectivity index (χ3v) is 7.61. The number of fused-ring (bicyclic) bond motifs is 5. The van der Waals surface area contributed by atoms with Crippen LogP contribution in [0, 0.1) is 0 Å². The summed E-state index contributed by atoms with van der Waals surface area (Å²) in [6.45, 7) is 0.0806. The van der Waals surface area contributed by atoms with Gasteiger partial charge in [-0.05, 0) is 35.9 Å². The molecule has 4 heterocycles. The summed E-state index contributed by atoms with van der Waals surface area (Å²) in [5, 5.41) is 8.46. The van der Waals surface area contributed by atoms with E-state index in [1.54, 1.807) is 5.01 Å². The highest BCUT2D eigenvalue weighted by atomic mass is 16.3. The van der Waals surface area contributed by atoms with Gasteiger partial charge in [0, 0.05) is 17.2 Å². The number of rotatable bonds is 4. The molecule has 3 aromatic heterocycles. The molecule has 1 aliphatic rings. The first-order valence-electron chi connectivity index (χ1n) is 13.3. The van der Waals surface area contributed by atoms with E-state index in [4.69, 9.17) is 19.5 Å². The molecule has 0 spiro atoms. The Bertz CT molecular complexity index is 2080. The molecule has 0 radical (unpaired) electrons. The maximum absolute atomic E-state index is 14.1. The van der Waals surface area contributed by atoms with Gasteiger partial charge in [0.25, 0.3) is 5.91 Å². The van der Waals surface area contributed by atoms with Crippen LogP contribution in [0.1, 0.15) is 23.8 Å². The van der Waals surface area contributed by atoms with E-state index in [0.717, 1.165) is 49.7 Å². The molecule has 4 aromatic carbocycles. The minimum absolute atomic E-state index is 0.0806. The molecule has 7 aromatic rings. The van der Waals surface area contributed by atoms with Crippen molar-refractivity contribution >= 4 is 55.7 Å². The second kappa shape index (κ2) is 8.88. The molecule has 1 unspecified atom stereocenters. The maximum Gasteiger partial charge on any atom is 0.263 e. The molecule has 0 aliphatic carbocycles. The summed E-state index contributed by atoms with van der Waals surface area (Å²) in [4.78, 5) is 24.0. The zero-order valence-corrected chi connectivity index (χ0v) is 21.4. The smallest absolute Gasteiger partial charge is 0.263 e. The molecule has 0 fully saturated rings. The van der Waals surface area contributed by atoms with Crippen LogP contribution in [-0.4, -0.2) is 31.2 Å². The molecule has 0 N–H and O–H groups in total. The Morgan fingerprint density at radius 1 is 0.825 bits per heavy atom. The first-order chi connectivity index (χ1) is 19.7. The molecule has 1 atom stereocenters. The van der Waals surface area contributed by atoms with Gasteiger partial charge in [0.15, 0.2) is 11.4 Å². The van der Waals surface area contributed by atoms with Crippen molar-refractivity contribution in [3.8, 4) is 0 Å². The Hall–Kier alpha value is -5.30. The van der Waals surface area contributed by atoms with E-state index < -0.39 is 0 Å². The minimum Gasteiger partial charge on any atom is -0.455 e. The number of benzene rings is 4. The molecule has 7 nitrogen and oxygen atoms in total. The SMILES string of the molecule is O=C(Cn1c2ccccc2c2nc3ccccc3nc21)N1N=C(c2cc3ccccc3o2)CC1c1ccccc1. The maximum atomic E-state index is 14.1. The van der Waals surface area contributed by atoms with Crippen molar-refractivity contribution in [1.82, 2.24) is 19.5 Å². The number of hydrogen-bond acceptors (Lipinski definition) is 5. The topological polar surface area (TPSA) is 76.5 Å². The summed E-state index contributed by atoms with van der Waals surface area (Å²) in [7, 11) is 0. The van der Waals surface area contributed by atoms with Crippen molar-refractivity contribution in [3.05, 3.63) is 121 Å². The van der Waals surface area contributed by atoms with E-state index in [0.29, 0.717) is 17.8 Å². The number of furan rings is 1. The lowest BCUT2D eigenvalue weighted by atomic mass is 10.0. The Balaban J connectivity index is 1.23. The number of amides is 1. The second-order valence-electron chi connectivity index (χ2n) is 10.1. The van der Waals surface area contributed by atoms with E-state index >= 15 is 0 Å². The highest BCUT2D eigenvalue weighted by molar-refractivity contribution is 6.07. The van der Waals surface area contributed by atoms with Crippen LogP contribution in [0.5, 0.6) is 0 Å². The van der Waals surface area contributed by atoms with Crippen LogP contribution in [-0.2, 0) is 11.3 Å². The summed E-state index contributed by atoms with van der Waals surface area (Å²) in [5.41, 5.74) is 6.59. The zero-order chi connectivity index (χ0) is 26.6. The van der Waals surface area contributed by atoms with Gasteiger partial charge in [-0.25, -0.2) is 15.0 Å². The second-order valence-corrected chi connectivity index (χ2v) is 10.1. The summed E-state index contributed by atoms with van der Waals surface area (Å²) in [6, 6.07) is 35.5. The molecule has 0 saturated carbocycles. The van der Waals surface area contributed by atoms with Crippen LogP contribution >= 0.6 is 0 Å². The lowest BCUT2D eigenvalue weighted by Crippen LogP contribution is -2.30. The van der Waals surface area contributed by atoms with E-state index in [1.165, 1.54) is 0 Å². The van der Waals surface area contributed by atoms with Crippen molar-refractivity contribution in [2.24, 2.45) is 5.10 Å². The number of hydrazone groups is 1. The highest BCUT2D eigenvalue weighted by Crippen LogP contribution is 2.35. The third-order valence-electron chi connectivity index (χ3n) is 7.61. The van der Waals surface area contributed by atoms with Crippen LogP contribution in [0.25, 0.3) is 44.1 Å². The molecule has 0 bridgehead atoms.